The molecule has 0 aliphatic heterocycles. The fourth-order valence-electron chi connectivity index (χ4n) is 2.74. The van der Waals surface area contributed by atoms with Gasteiger partial charge in [0.25, 0.3) is 0 Å². The third kappa shape index (κ3) is 5.82. The minimum atomic E-state index is -3.68. The number of anilines is 2. The lowest BCUT2D eigenvalue weighted by atomic mass is 10.2. The lowest BCUT2D eigenvalue weighted by Gasteiger charge is -2.21. The van der Waals surface area contributed by atoms with Gasteiger partial charge in [0.1, 0.15) is 11.6 Å². The number of rotatable bonds is 8. The predicted octanol–water partition coefficient (Wildman–Crippen LogP) is 3.10. The van der Waals surface area contributed by atoms with Crippen molar-refractivity contribution in [2.45, 2.75) is 18.6 Å². The molecule has 1 aromatic heterocycles. The SMILES string of the molecule is Cc1ccc(NC(=O)CSc2nnc(CN(c3ccc(F)cc3)S(C)(=O)=O)n2C)cc1F. The Balaban J connectivity index is 1.68. The van der Waals surface area contributed by atoms with Crippen molar-refractivity contribution in [1.29, 1.82) is 0 Å². The molecule has 0 aliphatic carbocycles. The van der Waals surface area contributed by atoms with Crippen LogP contribution in [0.4, 0.5) is 20.2 Å². The second-order valence-corrected chi connectivity index (χ2v) is 9.85. The van der Waals surface area contributed by atoms with Crippen molar-refractivity contribution in [2.75, 3.05) is 21.6 Å². The number of nitrogens with zero attached hydrogens (tertiary/aromatic N) is 4. The number of halogens is 2. The summed E-state index contributed by atoms with van der Waals surface area (Å²) in [5.74, 6) is -0.916. The van der Waals surface area contributed by atoms with Crippen LogP contribution < -0.4 is 9.62 Å². The normalized spacial score (nSPS) is 11.4. The van der Waals surface area contributed by atoms with Crippen molar-refractivity contribution < 1.29 is 22.0 Å². The second kappa shape index (κ2) is 9.65. The zero-order chi connectivity index (χ0) is 23.5. The molecule has 32 heavy (non-hydrogen) atoms. The van der Waals surface area contributed by atoms with Crippen LogP contribution in [0.3, 0.4) is 0 Å². The van der Waals surface area contributed by atoms with Crippen LogP contribution >= 0.6 is 11.8 Å². The summed E-state index contributed by atoms with van der Waals surface area (Å²) in [6, 6.07) is 9.49. The van der Waals surface area contributed by atoms with Gasteiger partial charge in [0.2, 0.25) is 15.9 Å². The molecule has 0 radical (unpaired) electrons. The number of carbonyl (C=O) groups excluding carboxylic acids is 1. The zero-order valence-corrected chi connectivity index (χ0v) is 19.2. The van der Waals surface area contributed by atoms with Gasteiger partial charge in [-0.15, -0.1) is 10.2 Å². The monoisotopic (exact) mass is 481 g/mol. The van der Waals surface area contributed by atoms with Crippen molar-refractivity contribution in [2.24, 2.45) is 7.05 Å². The summed E-state index contributed by atoms with van der Waals surface area (Å²) in [7, 11) is -2.03. The summed E-state index contributed by atoms with van der Waals surface area (Å²) in [5, 5.41) is 11.1. The summed E-state index contributed by atoms with van der Waals surface area (Å²) in [5.41, 5.74) is 1.11. The number of hydrogen-bond donors (Lipinski definition) is 1. The molecular formula is C20H21F2N5O3S2. The summed E-state index contributed by atoms with van der Waals surface area (Å²) in [4.78, 5) is 12.2. The van der Waals surface area contributed by atoms with Gasteiger partial charge in [-0.05, 0) is 48.9 Å². The van der Waals surface area contributed by atoms with Gasteiger partial charge in [-0.1, -0.05) is 17.8 Å². The highest BCUT2D eigenvalue weighted by Gasteiger charge is 2.22. The van der Waals surface area contributed by atoms with E-state index in [1.54, 1.807) is 30.7 Å². The number of aryl methyl sites for hydroxylation is 1. The number of carbonyl (C=O) groups is 1. The van der Waals surface area contributed by atoms with Crippen LogP contribution in [0, 0.1) is 18.6 Å². The summed E-state index contributed by atoms with van der Waals surface area (Å²) >= 11 is 1.10. The van der Waals surface area contributed by atoms with Crippen LogP contribution in [0.5, 0.6) is 0 Å². The van der Waals surface area contributed by atoms with Crippen molar-refractivity contribution in [1.82, 2.24) is 14.8 Å². The maximum atomic E-state index is 13.6. The first-order valence-corrected chi connectivity index (χ1v) is 12.2. The number of thioether (sulfide) groups is 1. The predicted molar refractivity (Wildman–Crippen MR) is 119 cm³/mol. The molecule has 1 heterocycles. The molecule has 0 aliphatic rings. The van der Waals surface area contributed by atoms with Crippen LogP contribution in [-0.2, 0) is 28.4 Å². The average Bonchev–Trinajstić information content (AvgIpc) is 3.07. The zero-order valence-electron chi connectivity index (χ0n) is 17.5. The Morgan fingerprint density at radius 3 is 2.47 bits per heavy atom. The van der Waals surface area contributed by atoms with Gasteiger partial charge >= 0.3 is 0 Å². The lowest BCUT2D eigenvalue weighted by molar-refractivity contribution is -0.113. The molecule has 0 saturated heterocycles. The summed E-state index contributed by atoms with van der Waals surface area (Å²) in [6.07, 6.45) is 1.04. The van der Waals surface area contributed by atoms with E-state index in [0.29, 0.717) is 22.2 Å². The average molecular weight is 482 g/mol. The molecule has 1 N–H and O–H groups in total. The minimum absolute atomic E-state index is 0.00474. The molecule has 2 aromatic carbocycles. The quantitative estimate of drug-likeness (QED) is 0.497. The number of amides is 1. The number of hydrogen-bond acceptors (Lipinski definition) is 6. The van der Waals surface area contributed by atoms with E-state index in [0.717, 1.165) is 22.3 Å². The van der Waals surface area contributed by atoms with Crippen molar-refractivity contribution in [3.05, 3.63) is 65.5 Å². The smallest absolute Gasteiger partial charge is 0.234 e. The van der Waals surface area contributed by atoms with Gasteiger partial charge in [0.05, 0.1) is 24.2 Å². The van der Waals surface area contributed by atoms with E-state index in [9.17, 15) is 22.0 Å². The van der Waals surface area contributed by atoms with Gasteiger partial charge in [0.15, 0.2) is 11.0 Å². The van der Waals surface area contributed by atoms with Crippen molar-refractivity contribution in [3.63, 3.8) is 0 Å². The van der Waals surface area contributed by atoms with Crippen LogP contribution in [0.1, 0.15) is 11.4 Å². The van der Waals surface area contributed by atoms with Crippen LogP contribution in [0.2, 0.25) is 0 Å². The highest BCUT2D eigenvalue weighted by atomic mass is 32.2. The first-order valence-electron chi connectivity index (χ1n) is 9.35. The van der Waals surface area contributed by atoms with Gasteiger partial charge in [-0.3, -0.25) is 9.10 Å². The lowest BCUT2D eigenvalue weighted by Crippen LogP contribution is -2.30. The van der Waals surface area contributed by atoms with Gasteiger partial charge < -0.3 is 9.88 Å². The molecule has 0 fully saturated rings. The molecule has 0 bridgehead atoms. The third-order valence-electron chi connectivity index (χ3n) is 4.51. The largest absolute Gasteiger partial charge is 0.325 e. The summed E-state index contributed by atoms with van der Waals surface area (Å²) < 4.78 is 54.0. The molecule has 0 unspecified atom stereocenters. The number of aromatic nitrogens is 3. The first-order chi connectivity index (χ1) is 15.0. The maximum Gasteiger partial charge on any atom is 0.234 e. The van der Waals surface area contributed by atoms with E-state index in [2.05, 4.69) is 15.5 Å². The highest BCUT2D eigenvalue weighted by Crippen LogP contribution is 2.23. The standard InChI is InChI=1S/C20H21F2N5O3S2/c1-13-4-7-15(10-17(13)22)23-19(28)12-31-20-25-24-18(26(20)2)11-27(32(3,29)30)16-8-5-14(21)6-9-16/h4-10H,11-12H2,1-3H3,(H,23,28). The minimum Gasteiger partial charge on any atom is -0.325 e. The molecular weight excluding hydrogens is 460 g/mol. The molecule has 12 heteroatoms. The molecule has 0 spiro atoms. The Hall–Kier alpha value is -2.99. The van der Waals surface area contributed by atoms with Crippen LogP contribution in [0.25, 0.3) is 0 Å². The first kappa shape index (κ1) is 23.7. The van der Waals surface area contributed by atoms with E-state index in [-0.39, 0.29) is 23.9 Å². The molecule has 0 saturated carbocycles. The Bertz CT molecular complexity index is 1230. The van der Waals surface area contributed by atoms with E-state index < -0.39 is 21.7 Å². The number of nitrogens with one attached hydrogen (secondary N) is 1. The Kier molecular flexibility index (Phi) is 7.14. The van der Waals surface area contributed by atoms with E-state index in [1.807, 2.05) is 0 Å². The van der Waals surface area contributed by atoms with Gasteiger partial charge in [-0.25, -0.2) is 17.2 Å². The maximum absolute atomic E-state index is 13.6. The fourth-order valence-corrected chi connectivity index (χ4v) is 4.33. The molecule has 8 nitrogen and oxygen atoms in total. The summed E-state index contributed by atoms with van der Waals surface area (Å²) in [6.45, 7) is 1.51. The number of sulfonamides is 1. The van der Waals surface area contributed by atoms with Crippen LogP contribution in [0.15, 0.2) is 47.6 Å². The highest BCUT2D eigenvalue weighted by molar-refractivity contribution is 7.99. The Morgan fingerprint density at radius 2 is 1.84 bits per heavy atom. The topological polar surface area (TPSA) is 97.2 Å². The molecule has 1 amide bonds. The Labute approximate surface area is 188 Å². The second-order valence-electron chi connectivity index (χ2n) is 7.00. The molecule has 3 rings (SSSR count). The van der Waals surface area contributed by atoms with Crippen LogP contribution in [-0.4, -0.2) is 41.1 Å². The van der Waals surface area contributed by atoms with Gasteiger partial charge in [0, 0.05) is 12.7 Å². The molecule has 0 atom stereocenters. The van der Waals surface area contributed by atoms with E-state index >= 15 is 0 Å². The van der Waals surface area contributed by atoms with E-state index in [1.165, 1.54) is 30.3 Å². The Morgan fingerprint density at radius 1 is 1.16 bits per heavy atom. The van der Waals surface area contributed by atoms with Gasteiger partial charge in [-0.2, -0.15) is 0 Å². The van der Waals surface area contributed by atoms with E-state index in [4.69, 9.17) is 0 Å². The van der Waals surface area contributed by atoms with Crippen molar-refractivity contribution in [3.8, 4) is 0 Å². The van der Waals surface area contributed by atoms with Crippen molar-refractivity contribution >= 4 is 39.1 Å². The fraction of sp³-hybridized carbons (Fsp3) is 0.250. The molecule has 3 aromatic rings. The number of benzene rings is 2. The molecule has 170 valence electrons. The third-order valence-corrected chi connectivity index (χ3v) is 6.67.